The van der Waals surface area contributed by atoms with Gasteiger partial charge in [-0.3, -0.25) is 0 Å². The molecule has 1 aliphatic rings. The van der Waals surface area contributed by atoms with Crippen molar-refractivity contribution in [3.8, 4) is 0 Å². The third kappa shape index (κ3) is 2.25. The minimum Gasteiger partial charge on any atom is -0.314 e. The third-order valence-electron chi connectivity index (χ3n) is 4.15. The number of hydrogen-bond acceptors (Lipinski definition) is 1. The summed E-state index contributed by atoms with van der Waals surface area (Å²) in [5.41, 5.74) is 0.607. The number of rotatable bonds is 4. The zero-order valence-corrected chi connectivity index (χ0v) is 9.69. The Labute approximate surface area is 83.3 Å². The van der Waals surface area contributed by atoms with Crippen LogP contribution in [0, 0.1) is 11.3 Å². The van der Waals surface area contributed by atoms with Gasteiger partial charge in [-0.1, -0.05) is 27.2 Å². The van der Waals surface area contributed by atoms with Gasteiger partial charge in [0.1, 0.15) is 0 Å². The van der Waals surface area contributed by atoms with Crippen molar-refractivity contribution in [2.24, 2.45) is 11.3 Å². The van der Waals surface area contributed by atoms with E-state index in [-0.39, 0.29) is 0 Å². The Balaban J connectivity index is 2.58. The van der Waals surface area contributed by atoms with Gasteiger partial charge in [0.15, 0.2) is 0 Å². The third-order valence-corrected chi connectivity index (χ3v) is 4.15. The van der Waals surface area contributed by atoms with E-state index in [1.165, 1.54) is 32.2 Å². The molecule has 1 heterocycles. The van der Waals surface area contributed by atoms with Crippen molar-refractivity contribution in [2.75, 3.05) is 6.54 Å². The number of hydrogen-bond donors (Lipinski definition) is 1. The van der Waals surface area contributed by atoms with Gasteiger partial charge >= 0.3 is 0 Å². The molecule has 0 aromatic rings. The minimum absolute atomic E-state index is 0.607. The van der Waals surface area contributed by atoms with Crippen molar-refractivity contribution in [1.29, 1.82) is 0 Å². The lowest BCUT2D eigenvalue weighted by Crippen LogP contribution is -2.34. The molecule has 1 saturated heterocycles. The molecule has 0 aliphatic carbocycles. The molecule has 0 aromatic heterocycles. The molecule has 78 valence electrons. The van der Waals surface area contributed by atoms with E-state index >= 15 is 0 Å². The molecule has 0 spiro atoms. The first-order chi connectivity index (χ1) is 6.14. The summed E-state index contributed by atoms with van der Waals surface area (Å²) < 4.78 is 0. The maximum absolute atomic E-state index is 3.59. The molecule has 1 aliphatic heterocycles. The summed E-state index contributed by atoms with van der Waals surface area (Å²) in [6, 6.07) is 0.728. The van der Waals surface area contributed by atoms with E-state index in [9.17, 15) is 0 Å². The van der Waals surface area contributed by atoms with Crippen LogP contribution in [-0.2, 0) is 0 Å². The standard InChI is InChI=1S/C12H25N/c1-5-10(3)9-12(6-2)7-8-13-11(12)4/h10-11,13H,5-9H2,1-4H3. The zero-order valence-electron chi connectivity index (χ0n) is 9.69. The van der Waals surface area contributed by atoms with E-state index in [4.69, 9.17) is 0 Å². The van der Waals surface area contributed by atoms with Crippen LogP contribution in [0.3, 0.4) is 0 Å². The Morgan fingerprint density at radius 1 is 1.46 bits per heavy atom. The molecular formula is C12H25N. The fourth-order valence-corrected chi connectivity index (χ4v) is 2.72. The highest BCUT2D eigenvalue weighted by atomic mass is 15.0. The smallest absolute Gasteiger partial charge is 0.00956 e. The molecule has 0 amide bonds. The van der Waals surface area contributed by atoms with Gasteiger partial charge in [-0.2, -0.15) is 0 Å². The Bertz CT molecular complexity index is 155. The van der Waals surface area contributed by atoms with Crippen LogP contribution in [0.15, 0.2) is 0 Å². The lowest BCUT2D eigenvalue weighted by atomic mass is 9.72. The van der Waals surface area contributed by atoms with Gasteiger partial charge in [0.05, 0.1) is 0 Å². The monoisotopic (exact) mass is 183 g/mol. The van der Waals surface area contributed by atoms with Gasteiger partial charge in [0.25, 0.3) is 0 Å². The first kappa shape index (κ1) is 11.0. The summed E-state index contributed by atoms with van der Waals surface area (Å²) in [6.07, 6.45) is 5.46. The SMILES string of the molecule is CCC(C)CC1(CC)CCNC1C. The highest BCUT2D eigenvalue weighted by Crippen LogP contribution is 2.41. The molecule has 3 unspecified atom stereocenters. The zero-order chi connectivity index (χ0) is 9.90. The van der Waals surface area contributed by atoms with Gasteiger partial charge in [0.2, 0.25) is 0 Å². The van der Waals surface area contributed by atoms with Crippen molar-refractivity contribution in [1.82, 2.24) is 5.32 Å². The fourth-order valence-electron chi connectivity index (χ4n) is 2.72. The van der Waals surface area contributed by atoms with Crippen LogP contribution < -0.4 is 5.32 Å². The predicted octanol–water partition coefficient (Wildman–Crippen LogP) is 3.20. The molecular weight excluding hydrogens is 158 g/mol. The average molecular weight is 183 g/mol. The Kier molecular flexibility index (Phi) is 3.78. The molecule has 1 heteroatoms. The second-order valence-corrected chi connectivity index (χ2v) is 4.86. The largest absolute Gasteiger partial charge is 0.314 e. The van der Waals surface area contributed by atoms with Crippen molar-refractivity contribution in [3.05, 3.63) is 0 Å². The van der Waals surface area contributed by atoms with E-state index in [1.807, 2.05) is 0 Å². The van der Waals surface area contributed by atoms with Gasteiger partial charge in [-0.25, -0.2) is 0 Å². The van der Waals surface area contributed by atoms with E-state index in [1.54, 1.807) is 0 Å². The maximum atomic E-state index is 3.59. The normalized spacial score (nSPS) is 36.5. The Morgan fingerprint density at radius 2 is 2.15 bits per heavy atom. The van der Waals surface area contributed by atoms with Crippen LogP contribution >= 0.6 is 0 Å². The lowest BCUT2D eigenvalue weighted by molar-refractivity contribution is 0.189. The Morgan fingerprint density at radius 3 is 2.54 bits per heavy atom. The lowest BCUT2D eigenvalue weighted by Gasteiger charge is -2.34. The van der Waals surface area contributed by atoms with Gasteiger partial charge in [0, 0.05) is 6.04 Å². The summed E-state index contributed by atoms with van der Waals surface area (Å²) in [7, 11) is 0. The minimum atomic E-state index is 0.607. The van der Waals surface area contributed by atoms with E-state index in [0.29, 0.717) is 5.41 Å². The molecule has 1 N–H and O–H groups in total. The van der Waals surface area contributed by atoms with Crippen molar-refractivity contribution in [2.45, 2.75) is 59.4 Å². The molecule has 0 saturated carbocycles. The predicted molar refractivity (Wildman–Crippen MR) is 58.9 cm³/mol. The van der Waals surface area contributed by atoms with Gasteiger partial charge in [-0.05, 0) is 44.1 Å². The summed E-state index contributed by atoms with van der Waals surface area (Å²) in [5, 5.41) is 3.59. The first-order valence-corrected chi connectivity index (χ1v) is 5.88. The summed E-state index contributed by atoms with van der Waals surface area (Å²) >= 11 is 0. The van der Waals surface area contributed by atoms with Crippen molar-refractivity contribution < 1.29 is 0 Å². The molecule has 13 heavy (non-hydrogen) atoms. The van der Waals surface area contributed by atoms with Crippen LogP contribution in [0.1, 0.15) is 53.4 Å². The molecule has 3 atom stereocenters. The van der Waals surface area contributed by atoms with Crippen LogP contribution in [0.5, 0.6) is 0 Å². The van der Waals surface area contributed by atoms with E-state index < -0.39 is 0 Å². The Hall–Kier alpha value is -0.0400. The molecule has 0 bridgehead atoms. The van der Waals surface area contributed by atoms with Crippen molar-refractivity contribution >= 4 is 0 Å². The highest BCUT2D eigenvalue weighted by molar-refractivity contribution is 4.94. The molecule has 1 rings (SSSR count). The topological polar surface area (TPSA) is 12.0 Å². The number of nitrogens with one attached hydrogen (secondary N) is 1. The summed E-state index contributed by atoms with van der Waals surface area (Å²) in [5.74, 6) is 0.891. The molecule has 1 fully saturated rings. The van der Waals surface area contributed by atoms with Crippen LogP contribution in [0.25, 0.3) is 0 Å². The van der Waals surface area contributed by atoms with Crippen LogP contribution in [0.2, 0.25) is 0 Å². The van der Waals surface area contributed by atoms with E-state index in [2.05, 4.69) is 33.0 Å². The van der Waals surface area contributed by atoms with Crippen LogP contribution in [-0.4, -0.2) is 12.6 Å². The first-order valence-electron chi connectivity index (χ1n) is 5.88. The fraction of sp³-hybridized carbons (Fsp3) is 1.00. The van der Waals surface area contributed by atoms with Crippen molar-refractivity contribution in [3.63, 3.8) is 0 Å². The van der Waals surface area contributed by atoms with Gasteiger partial charge in [-0.15, -0.1) is 0 Å². The van der Waals surface area contributed by atoms with Crippen LogP contribution in [0.4, 0.5) is 0 Å². The molecule has 0 aromatic carbocycles. The maximum Gasteiger partial charge on any atom is 0.00956 e. The van der Waals surface area contributed by atoms with E-state index in [0.717, 1.165) is 12.0 Å². The highest BCUT2D eigenvalue weighted by Gasteiger charge is 2.38. The second-order valence-electron chi connectivity index (χ2n) is 4.86. The molecule has 0 radical (unpaired) electrons. The second kappa shape index (κ2) is 4.45. The van der Waals surface area contributed by atoms with Gasteiger partial charge < -0.3 is 5.32 Å². The quantitative estimate of drug-likeness (QED) is 0.706. The molecule has 1 nitrogen and oxygen atoms in total. The average Bonchev–Trinajstić information content (AvgIpc) is 2.48. The summed E-state index contributed by atoms with van der Waals surface area (Å²) in [4.78, 5) is 0. The summed E-state index contributed by atoms with van der Waals surface area (Å²) in [6.45, 7) is 10.6.